The quantitative estimate of drug-likeness (QED) is 0.705. The van der Waals surface area contributed by atoms with Crippen LogP contribution in [0.15, 0.2) is 18.3 Å². The van der Waals surface area contributed by atoms with E-state index in [1.807, 2.05) is 26.2 Å². The molecule has 0 spiro atoms. The van der Waals surface area contributed by atoms with E-state index in [-0.39, 0.29) is 6.61 Å². The number of aryl methyl sites for hydroxylation is 1. The molecule has 0 bridgehead atoms. The Morgan fingerprint density at radius 3 is 2.92 bits per heavy atom. The molecule has 0 amide bonds. The topological polar surface area (TPSA) is 37.2 Å². The lowest BCUT2D eigenvalue weighted by atomic mass is 10.2. The fourth-order valence-electron chi connectivity index (χ4n) is 1.19. The summed E-state index contributed by atoms with van der Waals surface area (Å²) in [6.45, 7) is 4.01. The number of aliphatic hydroxyl groups is 1. The van der Waals surface area contributed by atoms with Crippen molar-refractivity contribution in [1.29, 1.82) is 0 Å². The lowest BCUT2D eigenvalue weighted by Gasteiger charge is -2.09. The lowest BCUT2D eigenvalue weighted by molar-refractivity contribution is 0.233. The van der Waals surface area contributed by atoms with Crippen molar-refractivity contribution in [1.82, 2.24) is 9.88 Å². The smallest absolute Gasteiger partial charge is 0.0468 e. The molecule has 1 rings (SSSR count). The first-order chi connectivity index (χ1) is 6.24. The van der Waals surface area contributed by atoms with Crippen LogP contribution >= 0.6 is 0 Å². The van der Waals surface area contributed by atoms with Gasteiger partial charge in [-0.2, -0.15) is 0 Å². The van der Waals surface area contributed by atoms with Gasteiger partial charge in [0.1, 0.15) is 0 Å². The van der Waals surface area contributed by atoms with Gasteiger partial charge in [-0.1, -0.05) is 6.92 Å². The maximum atomic E-state index is 8.80. The molecular formula is C10H18N2O. The van der Waals surface area contributed by atoms with Gasteiger partial charge in [0.25, 0.3) is 0 Å². The van der Waals surface area contributed by atoms with Crippen molar-refractivity contribution in [2.24, 2.45) is 13.0 Å². The third kappa shape index (κ3) is 3.20. The Labute approximate surface area is 79.4 Å². The van der Waals surface area contributed by atoms with Crippen molar-refractivity contribution in [2.45, 2.75) is 13.5 Å². The second kappa shape index (κ2) is 5.04. The molecule has 0 radical (unpaired) electrons. The summed E-state index contributed by atoms with van der Waals surface area (Å²) >= 11 is 0. The van der Waals surface area contributed by atoms with Crippen molar-refractivity contribution < 1.29 is 5.11 Å². The molecule has 13 heavy (non-hydrogen) atoms. The number of nitrogens with zero attached hydrogens (tertiary/aromatic N) is 1. The molecule has 3 heteroatoms. The Bertz CT molecular complexity index is 245. The van der Waals surface area contributed by atoms with E-state index in [1.54, 1.807) is 0 Å². The van der Waals surface area contributed by atoms with Crippen LogP contribution < -0.4 is 5.32 Å². The zero-order chi connectivity index (χ0) is 9.68. The van der Waals surface area contributed by atoms with E-state index in [1.165, 1.54) is 5.69 Å². The largest absolute Gasteiger partial charge is 0.396 e. The molecule has 0 aliphatic carbocycles. The fraction of sp³-hybridized carbons (Fsp3) is 0.600. The van der Waals surface area contributed by atoms with Gasteiger partial charge in [-0.05, 0) is 18.1 Å². The average Bonchev–Trinajstić information content (AvgIpc) is 2.52. The first-order valence-electron chi connectivity index (χ1n) is 4.66. The SMILES string of the molecule is CC(CO)CNCc1cccn1C. The molecule has 1 unspecified atom stereocenters. The van der Waals surface area contributed by atoms with Crippen LogP contribution in [0.25, 0.3) is 0 Å². The minimum atomic E-state index is 0.250. The Kier molecular flexibility index (Phi) is 3.99. The van der Waals surface area contributed by atoms with Crippen molar-refractivity contribution >= 4 is 0 Å². The molecule has 0 aromatic carbocycles. The van der Waals surface area contributed by atoms with Gasteiger partial charge >= 0.3 is 0 Å². The van der Waals surface area contributed by atoms with Gasteiger partial charge in [-0.15, -0.1) is 0 Å². The van der Waals surface area contributed by atoms with E-state index in [0.717, 1.165) is 13.1 Å². The van der Waals surface area contributed by atoms with Crippen LogP contribution in [0.4, 0.5) is 0 Å². The summed E-state index contributed by atoms with van der Waals surface area (Å²) in [5.74, 6) is 0.334. The van der Waals surface area contributed by atoms with Crippen LogP contribution in [-0.4, -0.2) is 22.8 Å². The third-order valence-corrected chi connectivity index (χ3v) is 2.16. The van der Waals surface area contributed by atoms with Gasteiger partial charge in [0.15, 0.2) is 0 Å². The molecular weight excluding hydrogens is 164 g/mol. The van der Waals surface area contributed by atoms with Crippen molar-refractivity contribution in [3.8, 4) is 0 Å². The standard InChI is InChI=1S/C10H18N2O/c1-9(8-13)6-11-7-10-4-3-5-12(10)2/h3-5,9,11,13H,6-8H2,1-2H3. The number of aliphatic hydroxyl groups excluding tert-OH is 1. The highest BCUT2D eigenvalue weighted by molar-refractivity contribution is 5.05. The Balaban J connectivity index is 2.24. The Morgan fingerprint density at radius 2 is 2.38 bits per heavy atom. The predicted molar refractivity (Wildman–Crippen MR) is 53.4 cm³/mol. The van der Waals surface area contributed by atoms with E-state index < -0.39 is 0 Å². The highest BCUT2D eigenvalue weighted by Gasteiger charge is 2.00. The van der Waals surface area contributed by atoms with Gasteiger partial charge in [0.2, 0.25) is 0 Å². The summed E-state index contributed by atoms with van der Waals surface area (Å²) in [5, 5.41) is 12.1. The normalized spacial score (nSPS) is 13.2. The predicted octanol–water partition coefficient (Wildman–Crippen LogP) is 0.743. The van der Waals surface area contributed by atoms with Gasteiger partial charge in [0, 0.05) is 38.6 Å². The van der Waals surface area contributed by atoms with Gasteiger partial charge in [-0.25, -0.2) is 0 Å². The van der Waals surface area contributed by atoms with E-state index >= 15 is 0 Å². The summed E-state index contributed by atoms with van der Waals surface area (Å²) in [5.41, 5.74) is 1.27. The Hall–Kier alpha value is -0.800. The summed E-state index contributed by atoms with van der Waals surface area (Å²) in [4.78, 5) is 0. The second-order valence-corrected chi connectivity index (χ2v) is 3.53. The molecule has 0 saturated heterocycles. The molecule has 0 fully saturated rings. The first kappa shape index (κ1) is 10.3. The number of aromatic nitrogens is 1. The third-order valence-electron chi connectivity index (χ3n) is 2.16. The van der Waals surface area contributed by atoms with Crippen LogP contribution in [0.3, 0.4) is 0 Å². The lowest BCUT2D eigenvalue weighted by Crippen LogP contribution is -2.23. The summed E-state index contributed by atoms with van der Waals surface area (Å²) < 4.78 is 2.09. The minimum Gasteiger partial charge on any atom is -0.396 e. The van der Waals surface area contributed by atoms with E-state index in [0.29, 0.717) is 5.92 Å². The van der Waals surface area contributed by atoms with Crippen LogP contribution in [0.2, 0.25) is 0 Å². The molecule has 3 nitrogen and oxygen atoms in total. The molecule has 0 aliphatic rings. The monoisotopic (exact) mass is 182 g/mol. The zero-order valence-corrected chi connectivity index (χ0v) is 8.33. The summed E-state index contributed by atoms with van der Waals surface area (Å²) in [6.07, 6.45) is 2.03. The van der Waals surface area contributed by atoms with Gasteiger partial charge in [0.05, 0.1) is 0 Å². The Morgan fingerprint density at radius 1 is 1.62 bits per heavy atom. The molecule has 0 aliphatic heterocycles. The highest BCUT2D eigenvalue weighted by Crippen LogP contribution is 1.99. The summed E-state index contributed by atoms with van der Waals surface area (Å²) in [6, 6.07) is 4.13. The number of hydrogen-bond acceptors (Lipinski definition) is 2. The molecule has 1 aromatic rings. The van der Waals surface area contributed by atoms with Crippen LogP contribution in [0.1, 0.15) is 12.6 Å². The zero-order valence-electron chi connectivity index (χ0n) is 8.33. The second-order valence-electron chi connectivity index (χ2n) is 3.53. The van der Waals surface area contributed by atoms with Crippen molar-refractivity contribution in [2.75, 3.05) is 13.2 Å². The first-order valence-corrected chi connectivity index (χ1v) is 4.66. The van der Waals surface area contributed by atoms with Gasteiger partial charge in [-0.3, -0.25) is 0 Å². The van der Waals surface area contributed by atoms with Crippen LogP contribution in [0, 0.1) is 5.92 Å². The van der Waals surface area contributed by atoms with E-state index in [9.17, 15) is 0 Å². The number of hydrogen-bond donors (Lipinski definition) is 2. The minimum absolute atomic E-state index is 0.250. The molecule has 2 N–H and O–H groups in total. The van der Waals surface area contributed by atoms with E-state index in [2.05, 4.69) is 16.0 Å². The van der Waals surface area contributed by atoms with Crippen molar-refractivity contribution in [3.63, 3.8) is 0 Å². The van der Waals surface area contributed by atoms with Crippen LogP contribution in [-0.2, 0) is 13.6 Å². The molecule has 1 heterocycles. The van der Waals surface area contributed by atoms with E-state index in [4.69, 9.17) is 5.11 Å². The maximum absolute atomic E-state index is 8.80. The van der Waals surface area contributed by atoms with Crippen LogP contribution in [0.5, 0.6) is 0 Å². The van der Waals surface area contributed by atoms with Crippen molar-refractivity contribution in [3.05, 3.63) is 24.0 Å². The molecule has 1 aromatic heterocycles. The highest BCUT2D eigenvalue weighted by atomic mass is 16.3. The number of rotatable bonds is 5. The molecule has 0 saturated carbocycles. The molecule has 74 valence electrons. The molecule has 1 atom stereocenters. The fourth-order valence-corrected chi connectivity index (χ4v) is 1.19. The maximum Gasteiger partial charge on any atom is 0.0468 e. The number of nitrogens with one attached hydrogen (secondary N) is 1. The summed E-state index contributed by atoms with van der Waals surface area (Å²) in [7, 11) is 2.03. The van der Waals surface area contributed by atoms with Gasteiger partial charge < -0.3 is 15.0 Å². The average molecular weight is 182 g/mol.